The molecule has 0 atom stereocenters. The summed E-state index contributed by atoms with van der Waals surface area (Å²) in [5.74, 6) is -0.819. The summed E-state index contributed by atoms with van der Waals surface area (Å²) in [6.45, 7) is 3.46. The van der Waals surface area contributed by atoms with Crippen LogP contribution in [0.3, 0.4) is 0 Å². The van der Waals surface area contributed by atoms with E-state index in [1.807, 2.05) is 36.4 Å². The molecule has 8 nitrogen and oxygen atoms in total. The topological polar surface area (TPSA) is 110 Å². The van der Waals surface area contributed by atoms with E-state index in [2.05, 4.69) is 4.90 Å². The summed E-state index contributed by atoms with van der Waals surface area (Å²) < 4.78 is 5.30. The van der Waals surface area contributed by atoms with Gasteiger partial charge in [-0.25, -0.2) is 0 Å². The molecule has 1 aliphatic heterocycles. The van der Waals surface area contributed by atoms with Crippen molar-refractivity contribution in [2.75, 3.05) is 32.8 Å². The molecule has 3 rings (SSSR count). The highest BCUT2D eigenvalue weighted by Crippen LogP contribution is 2.22. The van der Waals surface area contributed by atoms with Crippen molar-refractivity contribution in [3.63, 3.8) is 0 Å². The maximum atomic E-state index is 12.1. The van der Waals surface area contributed by atoms with E-state index in [0.717, 1.165) is 24.2 Å². The third kappa shape index (κ3) is 5.63. The molecule has 0 bridgehead atoms. The number of ketones is 2. The Labute approximate surface area is 144 Å². The van der Waals surface area contributed by atoms with Crippen molar-refractivity contribution in [1.82, 2.24) is 4.90 Å². The molecular formula is C17H18N2O6. The van der Waals surface area contributed by atoms with Crippen LogP contribution in [0.1, 0.15) is 5.56 Å². The van der Waals surface area contributed by atoms with E-state index in [1.54, 1.807) is 0 Å². The van der Waals surface area contributed by atoms with Crippen molar-refractivity contribution >= 4 is 17.1 Å². The lowest BCUT2D eigenvalue weighted by Crippen LogP contribution is -2.39. The van der Waals surface area contributed by atoms with Crippen LogP contribution in [0.5, 0.6) is 0 Å². The number of Topliss-reactive ketones (excluding diaryl/α,β-unsaturated/α-hetero) is 1. The van der Waals surface area contributed by atoms with Crippen LogP contribution in [0.4, 0.5) is 0 Å². The Bertz CT molecular complexity index is 701. The minimum atomic E-state index is -1.50. The van der Waals surface area contributed by atoms with Crippen molar-refractivity contribution < 1.29 is 24.6 Å². The highest BCUT2D eigenvalue weighted by Gasteiger charge is 2.25. The summed E-state index contributed by atoms with van der Waals surface area (Å²) in [5, 5.41) is 13.6. The Hall–Kier alpha value is -2.84. The van der Waals surface area contributed by atoms with Gasteiger partial charge in [-0.1, -0.05) is 30.3 Å². The average Bonchev–Trinajstić information content (AvgIpc) is 2.60. The van der Waals surface area contributed by atoms with E-state index in [4.69, 9.17) is 20.1 Å². The van der Waals surface area contributed by atoms with E-state index in [-0.39, 0.29) is 5.78 Å². The number of morpholine rings is 1. The van der Waals surface area contributed by atoms with Crippen LogP contribution in [0.2, 0.25) is 0 Å². The zero-order valence-electron chi connectivity index (χ0n) is 13.5. The molecule has 0 saturated carbocycles. The Morgan fingerprint density at radius 3 is 2.32 bits per heavy atom. The van der Waals surface area contributed by atoms with Gasteiger partial charge in [0, 0.05) is 25.2 Å². The predicted octanol–water partition coefficient (Wildman–Crippen LogP) is 1.13. The molecule has 1 N–H and O–H groups in total. The van der Waals surface area contributed by atoms with Gasteiger partial charge in [0.25, 0.3) is 5.09 Å². The van der Waals surface area contributed by atoms with Gasteiger partial charge in [-0.05, 0) is 23.3 Å². The number of carbonyl (C=O) groups is 2. The first-order chi connectivity index (χ1) is 12.0. The molecule has 1 aliphatic carbocycles. The Balaban J connectivity index is 0.000000511. The Morgan fingerprint density at radius 2 is 1.72 bits per heavy atom. The summed E-state index contributed by atoms with van der Waals surface area (Å²) in [6.07, 6.45) is 3.27. The van der Waals surface area contributed by atoms with Crippen molar-refractivity contribution in [1.29, 1.82) is 0 Å². The van der Waals surface area contributed by atoms with Gasteiger partial charge in [-0.3, -0.25) is 14.5 Å². The van der Waals surface area contributed by atoms with Crippen LogP contribution in [0.25, 0.3) is 5.57 Å². The second-order valence-corrected chi connectivity index (χ2v) is 5.46. The molecule has 0 unspecified atom stereocenters. The lowest BCUT2D eigenvalue weighted by molar-refractivity contribution is -0.742. The maximum absolute atomic E-state index is 12.1. The first-order valence-corrected chi connectivity index (χ1v) is 7.67. The maximum Gasteiger partial charge on any atom is 0.291 e. The molecule has 1 aromatic rings. The van der Waals surface area contributed by atoms with Gasteiger partial charge < -0.3 is 9.94 Å². The summed E-state index contributed by atoms with van der Waals surface area (Å²) in [6, 6.07) is 9.66. The smallest absolute Gasteiger partial charge is 0.291 e. The van der Waals surface area contributed by atoms with Gasteiger partial charge in [0.2, 0.25) is 11.6 Å². The number of benzene rings is 1. The quantitative estimate of drug-likeness (QED) is 0.378. The van der Waals surface area contributed by atoms with Crippen LogP contribution >= 0.6 is 0 Å². The summed E-state index contributed by atoms with van der Waals surface area (Å²) in [5.41, 5.74) is 2.34. The minimum Gasteiger partial charge on any atom is -0.379 e. The number of nitrogens with zero attached hydrogens (tertiary/aromatic N) is 2. The molecule has 0 spiro atoms. The first kappa shape index (κ1) is 18.5. The molecule has 1 fully saturated rings. The fraction of sp³-hybridized carbons (Fsp3) is 0.294. The zero-order valence-corrected chi connectivity index (χ0v) is 13.5. The summed E-state index contributed by atoms with van der Waals surface area (Å²) in [7, 11) is 0. The molecule has 1 aromatic carbocycles. The SMILES string of the molecule is O=C1C=C(c2ccccc2)C=C(CN2CCOCC2)C1=O.O=[N+]([O-])O. The fourth-order valence-electron chi connectivity index (χ4n) is 2.57. The second kappa shape index (κ2) is 8.86. The Kier molecular flexibility index (Phi) is 6.55. The van der Waals surface area contributed by atoms with Gasteiger partial charge in [0.1, 0.15) is 0 Å². The third-order valence-corrected chi connectivity index (χ3v) is 3.74. The second-order valence-electron chi connectivity index (χ2n) is 5.46. The number of hydrogen-bond acceptors (Lipinski definition) is 6. The van der Waals surface area contributed by atoms with Crippen LogP contribution in [-0.4, -0.2) is 59.6 Å². The van der Waals surface area contributed by atoms with Crippen LogP contribution in [0, 0.1) is 10.1 Å². The van der Waals surface area contributed by atoms with E-state index in [1.165, 1.54) is 6.08 Å². The fourth-order valence-corrected chi connectivity index (χ4v) is 2.57. The largest absolute Gasteiger partial charge is 0.379 e. The lowest BCUT2D eigenvalue weighted by atomic mass is 9.92. The molecule has 0 amide bonds. The number of ether oxygens (including phenoxy) is 1. The number of rotatable bonds is 3. The van der Waals surface area contributed by atoms with Gasteiger partial charge in [-0.2, -0.15) is 0 Å². The monoisotopic (exact) mass is 346 g/mol. The normalized spacial score (nSPS) is 17.9. The molecule has 1 saturated heterocycles. The summed E-state index contributed by atoms with van der Waals surface area (Å²) in [4.78, 5) is 34.5. The highest BCUT2D eigenvalue weighted by molar-refractivity contribution is 6.50. The van der Waals surface area contributed by atoms with Crippen LogP contribution in [-0.2, 0) is 14.3 Å². The molecule has 8 heteroatoms. The van der Waals surface area contributed by atoms with E-state index in [0.29, 0.717) is 25.3 Å². The van der Waals surface area contributed by atoms with Gasteiger partial charge in [0.05, 0.1) is 13.2 Å². The summed E-state index contributed by atoms with van der Waals surface area (Å²) >= 11 is 0. The van der Waals surface area contributed by atoms with Crippen LogP contribution in [0.15, 0.2) is 48.1 Å². The highest BCUT2D eigenvalue weighted by atomic mass is 16.9. The first-order valence-electron chi connectivity index (χ1n) is 7.67. The zero-order chi connectivity index (χ0) is 18.2. The number of allylic oxidation sites excluding steroid dienone is 3. The van der Waals surface area contributed by atoms with Gasteiger partial charge in [-0.15, -0.1) is 10.1 Å². The molecular weight excluding hydrogens is 328 g/mol. The molecule has 2 aliphatic rings. The molecule has 0 aromatic heterocycles. The number of hydrogen-bond donors (Lipinski definition) is 1. The molecule has 1 heterocycles. The van der Waals surface area contributed by atoms with Gasteiger partial charge in [0.15, 0.2) is 0 Å². The minimum absolute atomic E-state index is 0.388. The Morgan fingerprint density at radius 1 is 1.12 bits per heavy atom. The van der Waals surface area contributed by atoms with Crippen molar-refractivity contribution in [2.45, 2.75) is 0 Å². The molecule has 0 radical (unpaired) electrons. The average molecular weight is 346 g/mol. The van der Waals surface area contributed by atoms with Crippen molar-refractivity contribution in [2.24, 2.45) is 0 Å². The predicted molar refractivity (Wildman–Crippen MR) is 88.6 cm³/mol. The standard InChI is InChI=1S/C17H17NO3.HNO3/c19-16-11-14(13-4-2-1-3-5-13)10-15(17(16)20)12-18-6-8-21-9-7-18;2-1(3)4/h1-5,10-11H,6-9,12H2;(H,2,3,4). The number of carbonyl (C=O) groups excluding carboxylic acids is 2. The van der Waals surface area contributed by atoms with E-state index < -0.39 is 10.9 Å². The van der Waals surface area contributed by atoms with Crippen LogP contribution < -0.4 is 0 Å². The molecule has 25 heavy (non-hydrogen) atoms. The van der Waals surface area contributed by atoms with E-state index in [9.17, 15) is 9.59 Å². The third-order valence-electron chi connectivity index (χ3n) is 3.74. The van der Waals surface area contributed by atoms with E-state index >= 15 is 0 Å². The lowest BCUT2D eigenvalue weighted by Gasteiger charge is -2.27. The molecule has 132 valence electrons. The van der Waals surface area contributed by atoms with Gasteiger partial charge >= 0.3 is 0 Å². The van der Waals surface area contributed by atoms with Crippen molar-refractivity contribution in [3.8, 4) is 0 Å². The van der Waals surface area contributed by atoms with Crippen molar-refractivity contribution in [3.05, 3.63) is 63.7 Å².